The van der Waals surface area contributed by atoms with Crippen LogP contribution in [0, 0.1) is 12.8 Å². The molecule has 134 valence electrons. The summed E-state index contributed by atoms with van der Waals surface area (Å²) in [6.45, 7) is 6.55. The molecule has 1 fully saturated rings. The van der Waals surface area contributed by atoms with E-state index < -0.39 is 0 Å². The van der Waals surface area contributed by atoms with Crippen molar-refractivity contribution in [3.63, 3.8) is 0 Å². The number of halogens is 1. The minimum atomic E-state index is -0.0917. The lowest BCUT2D eigenvalue weighted by Crippen LogP contribution is -2.39. The standard InChI is InChI=1S/C19H23ClN2O3/c1-3-24-19(23)15-5-4-10-22(11-15)12-17-13(2)25-18(21-17)14-6-8-16(20)9-7-14/h6-9,15H,3-5,10-12H2,1-2H3. The molecule has 6 heteroatoms. The van der Waals surface area contributed by atoms with E-state index in [2.05, 4.69) is 9.88 Å². The van der Waals surface area contributed by atoms with Crippen LogP contribution in [-0.4, -0.2) is 35.5 Å². The topological polar surface area (TPSA) is 55.6 Å². The lowest BCUT2D eigenvalue weighted by Gasteiger charge is -2.30. The molecule has 2 heterocycles. The largest absolute Gasteiger partial charge is 0.466 e. The fraction of sp³-hybridized carbons (Fsp3) is 0.474. The van der Waals surface area contributed by atoms with Gasteiger partial charge in [-0.25, -0.2) is 4.98 Å². The van der Waals surface area contributed by atoms with Crippen molar-refractivity contribution >= 4 is 17.6 Å². The van der Waals surface area contributed by atoms with Gasteiger partial charge in [-0.05, 0) is 57.5 Å². The van der Waals surface area contributed by atoms with E-state index >= 15 is 0 Å². The summed E-state index contributed by atoms with van der Waals surface area (Å²) < 4.78 is 11.0. The minimum Gasteiger partial charge on any atom is -0.466 e. The Balaban J connectivity index is 1.68. The van der Waals surface area contributed by atoms with Gasteiger partial charge in [-0.15, -0.1) is 0 Å². The lowest BCUT2D eigenvalue weighted by atomic mass is 9.98. The quantitative estimate of drug-likeness (QED) is 0.750. The first kappa shape index (κ1) is 18.0. The number of benzene rings is 1. The number of nitrogens with zero attached hydrogens (tertiary/aromatic N) is 2. The molecular formula is C19H23ClN2O3. The Morgan fingerprint density at radius 2 is 2.16 bits per heavy atom. The van der Waals surface area contributed by atoms with Crippen LogP contribution in [0.1, 0.15) is 31.2 Å². The number of carbonyl (C=O) groups excluding carboxylic acids is 1. The number of hydrogen-bond donors (Lipinski definition) is 0. The zero-order valence-electron chi connectivity index (χ0n) is 14.6. The Kier molecular flexibility index (Phi) is 5.76. The van der Waals surface area contributed by atoms with Crippen molar-refractivity contribution in [2.24, 2.45) is 5.92 Å². The Bertz CT molecular complexity index is 727. The van der Waals surface area contributed by atoms with Gasteiger partial charge in [-0.3, -0.25) is 9.69 Å². The molecule has 0 saturated carbocycles. The van der Waals surface area contributed by atoms with Crippen LogP contribution in [0.5, 0.6) is 0 Å². The molecule has 1 aliphatic rings. The van der Waals surface area contributed by atoms with Gasteiger partial charge in [0.2, 0.25) is 5.89 Å². The minimum absolute atomic E-state index is 0.0448. The molecule has 1 atom stereocenters. The molecule has 0 radical (unpaired) electrons. The first-order valence-corrected chi connectivity index (χ1v) is 9.06. The van der Waals surface area contributed by atoms with Crippen molar-refractivity contribution in [1.82, 2.24) is 9.88 Å². The smallest absolute Gasteiger partial charge is 0.310 e. The van der Waals surface area contributed by atoms with Crippen molar-refractivity contribution in [2.45, 2.75) is 33.2 Å². The maximum atomic E-state index is 12.0. The third-order valence-corrected chi connectivity index (χ3v) is 4.73. The van der Waals surface area contributed by atoms with Crippen LogP contribution in [-0.2, 0) is 16.1 Å². The molecule has 25 heavy (non-hydrogen) atoms. The molecule has 0 N–H and O–H groups in total. The number of esters is 1. The molecule has 1 aliphatic heterocycles. The molecule has 0 aliphatic carbocycles. The van der Waals surface area contributed by atoms with Crippen molar-refractivity contribution in [3.8, 4) is 11.5 Å². The summed E-state index contributed by atoms with van der Waals surface area (Å²) in [6.07, 6.45) is 1.88. The number of aryl methyl sites for hydroxylation is 1. The summed E-state index contributed by atoms with van der Waals surface area (Å²) in [6, 6.07) is 7.44. The van der Waals surface area contributed by atoms with E-state index in [0.29, 0.717) is 30.6 Å². The van der Waals surface area contributed by atoms with E-state index in [1.807, 2.05) is 38.1 Å². The zero-order chi connectivity index (χ0) is 17.8. The molecule has 1 saturated heterocycles. The van der Waals surface area contributed by atoms with Crippen molar-refractivity contribution in [1.29, 1.82) is 0 Å². The summed E-state index contributed by atoms with van der Waals surface area (Å²) >= 11 is 5.93. The van der Waals surface area contributed by atoms with E-state index in [1.54, 1.807) is 0 Å². The lowest BCUT2D eigenvalue weighted by molar-refractivity contribution is -0.150. The molecule has 5 nitrogen and oxygen atoms in total. The van der Waals surface area contributed by atoms with E-state index in [-0.39, 0.29) is 11.9 Å². The predicted molar refractivity (Wildman–Crippen MR) is 96.3 cm³/mol. The van der Waals surface area contributed by atoms with Gasteiger partial charge in [-0.2, -0.15) is 0 Å². The van der Waals surface area contributed by atoms with Gasteiger partial charge in [0.05, 0.1) is 18.2 Å². The third kappa shape index (κ3) is 4.41. The SMILES string of the molecule is CCOC(=O)C1CCCN(Cc2nc(-c3ccc(Cl)cc3)oc2C)C1. The molecule has 1 unspecified atom stereocenters. The summed E-state index contributed by atoms with van der Waals surface area (Å²) in [5.41, 5.74) is 1.82. The van der Waals surface area contributed by atoms with Crippen LogP contribution in [0.2, 0.25) is 5.02 Å². The Hall–Kier alpha value is -1.85. The number of carbonyl (C=O) groups is 1. The molecule has 1 aromatic carbocycles. The van der Waals surface area contributed by atoms with Gasteiger partial charge in [0, 0.05) is 23.7 Å². The van der Waals surface area contributed by atoms with Crippen LogP contribution >= 0.6 is 11.6 Å². The fourth-order valence-electron chi connectivity index (χ4n) is 3.15. The Morgan fingerprint density at radius 3 is 2.88 bits per heavy atom. The highest BCUT2D eigenvalue weighted by Gasteiger charge is 2.27. The molecular weight excluding hydrogens is 340 g/mol. The average molecular weight is 363 g/mol. The van der Waals surface area contributed by atoms with Crippen LogP contribution < -0.4 is 0 Å². The number of oxazole rings is 1. The van der Waals surface area contributed by atoms with Gasteiger partial charge in [-0.1, -0.05) is 11.6 Å². The summed E-state index contributed by atoms with van der Waals surface area (Å²) in [4.78, 5) is 18.9. The molecule has 0 bridgehead atoms. The summed E-state index contributed by atoms with van der Waals surface area (Å²) in [5.74, 6) is 1.27. The van der Waals surface area contributed by atoms with Gasteiger partial charge >= 0.3 is 5.97 Å². The van der Waals surface area contributed by atoms with Gasteiger partial charge in [0.15, 0.2) is 0 Å². The first-order valence-electron chi connectivity index (χ1n) is 8.68. The van der Waals surface area contributed by atoms with Crippen LogP contribution in [0.15, 0.2) is 28.7 Å². The first-order chi connectivity index (χ1) is 12.1. The third-order valence-electron chi connectivity index (χ3n) is 4.48. The second-order valence-electron chi connectivity index (χ2n) is 6.36. The Morgan fingerprint density at radius 1 is 1.40 bits per heavy atom. The zero-order valence-corrected chi connectivity index (χ0v) is 15.4. The number of aromatic nitrogens is 1. The Labute approximate surface area is 152 Å². The highest BCUT2D eigenvalue weighted by atomic mass is 35.5. The second kappa shape index (κ2) is 8.02. The second-order valence-corrected chi connectivity index (χ2v) is 6.79. The monoisotopic (exact) mass is 362 g/mol. The number of ether oxygens (including phenoxy) is 1. The van der Waals surface area contributed by atoms with Gasteiger partial charge in [0.1, 0.15) is 5.76 Å². The molecule has 3 rings (SSSR count). The van der Waals surface area contributed by atoms with Crippen LogP contribution in [0.4, 0.5) is 0 Å². The van der Waals surface area contributed by atoms with E-state index in [9.17, 15) is 4.79 Å². The van der Waals surface area contributed by atoms with Crippen molar-refractivity contribution in [2.75, 3.05) is 19.7 Å². The predicted octanol–water partition coefficient (Wildman–Crippen LogP) is 4.08. The summed E-state index contributed by atoms with van der Waals surface area (Å²) in [7, 11) is 0. The number of likely N-dealkylation sites (tertiary alicyclic amines) is 1. The summed E-state index contributed by atoms with van der Waals surface area (Å²) in [5, 5.41) is 0.686. The number of hydrogen-bond acceptors (Lipinski definition) is 5. The van der Waals surface area contributed by atoms with Crippen LogP contribution in [0.25, 0.3) is 11.5 Å². The molecule has 1 aromatic heterocycles. The van der Waals surface area contributed by atoms with E-state index in [1.165, 1.54) is 0 Å². The van der Waals surface area contributed by atoms with Gasteiger partial charge < -0.3 is 9.15 Å². The average Bonchev–Trinajstić information content (AvgIpc) is 2.97. The maximum absolute atomic E-state index is 12.0. The number of piperidine rings is 1. The van der Waals surface area contributed by atoms with Gasteiger partial charge in [0.25, 0.3) is 0 Å². The molecule has 0 amide bonds. The van der Waals surface area contributed by atoms with E-state index in [4.69, 9.17) is 20.8 Å². The molecule has 0 spiro atoms. The van der Waals surface area contributed by atoms with Crippen molar-refractivity contribution < 1.29 is 13.9 Å². The number of rotatable bonds is 5. The molecule has 2 aromatic rings. The van der Waals surface area contributed by atoms with Crippen molar-refractivity contribution in [3.05, 3.63) is 40.7 Å². The highest BCUT2D eigenvalue weighted by Crippen LogP contribution is 2.25. The highest BCUT2D eigenvalue weighted by molar-refractivity contribution is 6.30. The normalized spacial score (nSPS) is 18.3. The van der Waals surface area contributed by atoms with E-state index in [0.717, 1.165) is 36.4 Å². The van der Waals surface area contributed by atoms with Crippen LogP contribution in [0.3, 0.4) is 0 Å². The fourth-order valence-corrected chi connectivity index (χ4v) is 3.28. The maximum Gasteiger partial charge on any atom is 0.310 e.